The predicted molar refractivity (Wildman–Crippen MR) is 199 cm³/mol. The third kappa shape index (κ3) is 4.29. The minimum atomic E-state index is 0.618. The van der Waals surface area contributed by atoms with E-state index in [1.165, 1.54) is 114 Å². The van der Waals surface area contributed by atoms with E-state index in [9.17, 15) is 0 Å². The van der Waals surface area contributed by atoms with Crippen molar-refractivity contribution < 1.29 is 0 Å². The summed E-state index contributed by atoms with van der Waals surface area (Å²) in [5.74, 6) is 5.69. The van der Waals surface area contributed by atoms with E-state index in [1.54, 1.807) is 6.42 Å². The molecule has 6 bridgehead atoms. The lowest BCUT2D eigenvalue weighted by Gasteiger charge is -2.72. The SMILES string of the molecule is c1ccc(N2C3CC4C5CC3N3C6CC(CCC6CC6CCCC2C63)CC2CCC3CC6CCCC(C6N5C3C2)N4c2ccccc2)cc1. The lowest BCUT2D eigenvalue weighted by molar-refractivity contribution is -0.158. The zero-order valence-corrected chi connectivity index (χ0v) is 29.8. The van der Waals surface area contributed by atoms with Gasteiger partial charge in [0.15, 0.2) is 0 Å². The van der Waals surface area contributed by atoms with Crippen molar-refractivity contribution in [2.45, 2.75) is 170 Å². The second-order valence-corrected chi connectivity index (χ2v) is 19.3. The molecule has 2 aromatic rings. The lowest BCUT2D eigenvalue weighted by atomic mass is 9.57. The molecule has 49 heavy (non-hydrogen) atoms. The molecule has 0 N–H and O–H groups in total. The minimum Gasteiger partial charge on any atom is -0.362 e. The molecule has 0 aromatic heterocycles. The predicted octanol–water partition coefficient (Wildman–Crippen LogP) is 8.75. The molecule has 5 saturated carbocycles. The van der Waals surface area contributed by atoms with Crippen LogP contribution in [-0.4, -0.2) is 70.2 Å². The molecule has 16 unspecified atom stereocenters. The van der Waals surface area contributed by atoms with Crippen LogP contribution >= 0.6 is 0 Å². The highest BCUT2D eigenvalue weighted by Crippen LogP contribution is 2.59. The molecular formula is C45H60N4. The van der Waals surface area contributed by atoms with E-state index in [1.807, 2.05) is 0 Å². The molecule has 5 aliphatic heterocycles. The fourth-order valence-corrected chi connectivity index (χ4v) is 16.2. The highest BCUT2D eigenvalue weighted by atomic mass is 15.4. The van der Waals surface area contributed by atoms with E-state index in [0.717, 1.165) is 59.7 Å². The van der Waals surface area contributed by atoms with E-state index in [4.69, 9.17) is 0 Å². The zero-order chi connectivity index (χ0) is 31.8. The van der Waals surface area contributed by atoms with Gasteiger partial charge < -0.3 is 9.80 Å². The van der Waals surface area contributed by atoms with Crippen molar-refractivity contribution in [2.75, 3.05) is 9.80 Å². The highest BCUT2D eigenvalue weighted by Gasteiger charge is 2.65. The average molecular weight is 657 g/mol. The number of rotatable bonds is 2. The van der Waals surface area contributed by atoms with E-state index < -0.39 is 0 Å². The number of piperazine rings is 2. The fourth-order valence-electron chi connectivity index (χ4n) is 16.2. The standard InChI is InChI=1S/C45H60N4/c1-3-11-34(12-4-1)46-36-15-7-9-32-24-30-19-17-28-21-29-18-20-31-25-33-10-8-16-37-45(33)49(39(31)23-29)43-27-42(48(44(32)36)38(30)22-28)40(46)26-41(43)47(37)35-13-5-2-6-14-35/h1-6,11-14,28-33,36-45H,7-10,15-27H2. The van der Waals surface area contributed by atoms with Crippen molar-refractivity contribution >= 4 is 11.4 Å². The van der Waals surface area contributed by atoms with Crippen LogP contribution in [0.2, 0.25) is 0 Å². The van der Waals surface area contributed by atoms with Crippen LogP contribution < -0.4 is 9.80 Å². The second-order valence-electron chi connectivity index (χ2n) is 19.3. The molecule has 16 atom stereocenters. The Morgan fingerprint density at radius 1 is 0.347 bits per heavy atom. The van der Waals surface area contributed by atoms with Crippen LogP contribution in [0.3, 0.4) is 0 Å². The van der Waals surface area contributed by atoms with Gasteiger partial charge in [-0.3, -0.25) is 9.80 Å². The first kappa shape index (κ1) is 29.5. The van der Waals surface area contributed by atoms with Crippen LogP contribution in [0.4, 0.5) is 11.4 Å². The van der Waals surface area contributed by atoms with Crippen molar-refractivity contribution in [3.05, 3.63) is 60.7 Å². The summed E-state index contributed by atoms with van der Waals surface area (Å²) in [6.45, 7) is 0. The Morgan fingerprint density at radius 3 is 1.31 bits per heavy atom. The molecule has 0 spiro atoms. The van der Waals surface area contributed by atoms with Gasteiger partial charge in [-0.25, -0.2) is 0 Å². The zero-order valence-electron chi connectivity index (χ0n) is 29.8. The van der Waals surface area contributed by atoms with Gasteiger partial charge in [-0.2, -0.15) is 0 Å². The largest absolute Gasteiger partial charge is 0.362 e. The first-order chi connectivity index (χ1) is 24.3. The van der Waals surface area contributed by atoms with Crippen LogP contribution in [0.25, 0.3) is 0 Å². The fraction of sp³-hybridized carbons (Fsp3) is 0.733. The van der Waals surface area contributed by atoms with Gasteiger partial charge in [-0.1, -0.05) is 62.1 Å². The molecule has 5 heterocycles. The van der Waals surface area contributed by atoms with Gasteiger partial charge in [-0.05, 0) is 143 Å². The number of piperidine rings is 2. The molecule has 4 nitrogen and oxygen atoms in total. The van der Waals surface area contributed by atoms with Crippen molar-refractivity contribution in [2.24, 2.45) is 35.5 Å². The maximum Gasteiger partial charge on any atom is 0.0470 e. The maximum absolute atomic E-state index is 3.41. The Hall–Kier alpha value is -2.04. The van der Waals surface area contributed by atoms with Gasteiger partial charge >= 0.3 is 0 Å². The number of nitrogens with zero attached hydrogens (tertiary/aromatic N) is 4. The minimum absolute atomic E-state index is 0.618. The van der Waals surface area contributed by atoms with Gasteiger partial charge in [0.25, 0.3) is 0 Å². The summed E-state index contributed by atoms with van der Waals surface area (Å²) in [5.41, 5.74) is 3.08. The lowest BCUT2D eigenvalue weighted by Crippen LogP contribution is -2.83. The number of fused-ring (bicyclic) bond motifs is 2. The Bertz CT molecular complexity index is 1420. The molecule has 10 aliphatic rings. The van der Waals surface area contributed by atoms with Gasteiger partial charge in [0, 0.05) is 71.8 Å². The van der Waals surface area contributed by atoms with Gasteiger partial charge in [0.1, 0.15) is 0 Å². The average Bonchev–Trinajstić information content (AvgIpc) is 3.14. The van der Waals surface area contributed by atoms with Crippen molar-refractivity contribution in [1.82, 2.24) is 9.80 Å². The van der Waals surface area contributed by atoms with Crippen molar-refractivity contribution in [3.8, 4) is 0 Å². The Morgan fingerprint density at radius 2 is 0.816 bits per heavy atom. The maximum atomic E-state index is 3.41. The second kappa shape index (κ2) is 11.2. The van der Waals surface area contributed by atoms with Crippen LogP contribution in [0.1, 0.15) is 109 Å². The normalized spacial score (nSPS) is 49.6. The quantitative estimate of drug-likeness (QED) is 0.321. The molecule has 5 aliphatic carbocycles. The van der Waals surface area contributed by atoms with Crippen molar-refractivity contribution in [1.29, 1.82) is 0 Å². The number of para-hydroxylation sites is 2. The van der Waals surface area contributed by atoms with Crippen LogP contribution in [0.5, 0.6) is 0 Å². The molecule has 0 radical (unpaired) electrons. The summed E-state index contributed by atoms with van der Waals surface area (Å²) in [6.07, 6.45) is 25.2. The molecule has 0 amide bonds. The summed E-state index contributed by atoms with van der Waals surface area (Å²) in [4.78, 5) is 13.1. The van der Waals surface area contributed by atoms with E-state index in [-0.39, 0.29) is 0 Å². The van der Waals surface area contributed by atoms with Crippen LogP contribution in [-0.2, 0) is 0 Å². The summed E-state index contributed by atoms with van der Waals surface area (Å²) in [6, 6.07) is 31.1. The van der Waals surface area contributed by atoms with E-state index >= 15 is 0 Å². The summed E-state index contributed by atoms with van der Waals surface area (Å²) >= 11 is 0. The smallest absolute Gasteiger partial charge is 0.0470 e. The Kier molecular flexibility index (Phi) is 6.77. The molecule has 5 saturated heterocycles. The molecule has 10 fully saturated rings. The van der Waals surface area contributed by atoms with Gasteiger partial charge in [0.2, 0.25) is 0 Å². The molecule has 4 heteroatoms. The van der Waals surface area contributed by atoms with Gasteiger partial charge in [-0.15, -0.1) is 0 Å². The summed E-state index contributed by atoms with van der Waals surface area (Å²) < 4.78 is 0. The Labute approximate surface area is 296 Å². The molecular weight excluding hydrogens is 597 g/mol. The number of hydrogen-bond acceptors (Lipinski definition) is 4. The molecule has 2 aromatic carbocycles. The highest BCUT2D eigenvalue weighted by molar-refractivity contribution is 5.54. The third-order valence-corrected chi connectivity index (χ3v) is 17.5. The van der Waals surface area contributed by atoms with Crippen molar-refractivity contribution in [3.63, 3.8) is 0 Å². The van der Waals surface area contributed by atoms with E-state index in [2.05, 4.69) is 80.3 Å². The molecule has 12 rings (SSSR count). The molecule has 260 valence electrons. The third-order valence-electron chi connectivity index (χ3n) is 17.5. The van der Waals surface area contributed by atoms with E-state index in [0.29, 0.717) is 36.3 Å². The summed E-state index contributed by atoms with van der Waals surface area (Å²) in [5, 5.41) is 0. The van der Waals surface area contributed by atoms with Gasteiger partial charge in [0.05, 0.1) is 0 Å². The van der Waals surface area contributed by atoms with Crippen LogP contribution in [0.15, 0.2) is 60.7 Å². The Balaban J connectivity index is 1.06. The monoisotopic (exact) mass is 656 g/mol. The summed E-state index contributed by atoms with van der Waals surface area (Å²) in [7, 11) is 0. The number of benzene rings is 2. The first-order valence-electron chi connectivity index (χ1n) is 21.5. The topological polar surface area (TPSA) is 13.0 Å². The number of hydrogen-bond donors (Lipinski definition) is 0. The number of anilines is 2. The first-order valence-corrected chi connectivity index (χ1v) is 21.5. The van der Waals surface area contributed by atoms with Crippen LogP contribution in [0, 0.1) is 35.5 Å².